The second-order valence-corrected chi connectivity index (χ2v) is 6.08. The first-order valence-electron chi connectivity index (χ1n) is 6.64. The van der Waals surface area contributed by atoms with Gasteiger partial charge in [0.25, 0.3) is 0 Å². The molecular formula is C15H23NS. The van der Waals surface area contributed by atoms with E-state index < -0.39 is 0 Å². The number of thioether (sulfide) groups is 1. The monoisotopic (exact) mass is 249 g/mol. The van der Waals surface area contributed by atoms with Crippen LogP contribution in [-0.4, -0.2) is 12.3 Å². The molecule has 1 aromatic rings. The van der Waals surface area contributed by atoms with Crippen LogP contribution in [0.4, 0.5) is 0 Å². The molecule has 0 aliphatic heterocycles. The maximum atomic E-state index is 3.70. The predicted octanol–water partition coefficient (Wildman–Crippen LogP) is 4.08. The molecule has 1 fully saturated rings. The molecule has 2 atom stereocenters. The first-order valence-corrected chi connectivity index (χ1v) is 7.86. The molecule has 2 heteroatoms. The van der Waals surface area contributed by atoms with Gasteiger partial charge in [-0.15, -0.1) is 11.8 Å². The normalized spacial score (nSPS) is 24.8. The number of hydrogen-bond acceptors (Lipinski definition) is 2. The Balaban J connectivity index is 1.80. The zero-order valence-corrected chi connectivity index (χ0v) is 11.7. The maximum absolute atomic E-state index is 3.70. The Bertz CT molecular complexity index is 333. The lowest BCUT2D eigenvalue weighted by atomic mass is 9.87. The topological polar surface area (TPSA) is 12.0 Å². The highest BCUT2D eigenvalue weighted by Crippen LogP contribution is 2.23. The summed E-state index contributed by atoms with van der Waals surface area (Å²) >= 11 is 1.80. The highest BCUT2D eigenvalue weighted by Gasteiger charge is 2.17. The van der Waals surface area contributed by atoms with E-state index in [0.29, 0.717) is 0 Å². The SMILES string of the molecule is CSc1ccc(CNC2CCCC(C)C2)cc1. The summed E-state index contributed by atoms with van der Waals surface area (Å²) in [5, 5.41) is 3.70. The third-order valence-electron chi connectivity index (χ3n) is 3.69. The van der Waals surface area contributed by atoms with Crippen LogP contribution in [0.1, 0.15) is 38.2 Å². The van der Waals surface area contributed by atoms with E-state index in [1.54, 1.807) is 11.8 Å². The molecule has 2 rings (SSSR count). The highest BCUT2D eigenvalue weighted by molar-refractivity contribution is 7.98. The van der Waals surface area contributed by atoms with E-state index in [1.165, 1.54) is 36.1 Å². The Morgan fingerprint density at radius 3 is 2.65 bits per heavy atom. The van der Waals surface area contributed by atoms with E-state index in [0.717, 1.165) is 18.5 Å². The van der Waals surface area contributed by atoms with Gasteiger partial charge in [0.1, 0.15) is 0 Å². The van der Waals surface area contributed by atoms with Crippen molar-refractivity contribution in [1.29, 1.82) is 0 Å². The van der Waals surface area contributed by atoms with Gasteiger partial charge in [-0.3, -0.25) is 0 Å². The fraction of sp³-hybridized carbons (Fsp3) is 0.600. The Morgan fingerprint density at radius 1 is 1.24 bits per heavy atom. The Labute approximate surface area is 109 Å². The Hall–Kier alpha value is -0.470. The van der Waals surface area contributed by atoms with Gasteiger partial charge in [-0.1, -0.05) is 31.9 Å². The lowest BCUT2D eigenvalue weighted by Gasteiger charge is -2.27. The molecule has 1 saturated carbocycles. The molecule has 0 aromatic heterocycles. The second-order valence-electron chi connectivity index (χ2n) is 5.20. The van der Waals surface area contributed by atoms with Crippen LogP contribution < -0.4 is 5.32 Å². The van der Waals surface area contributed by atoms with Crippen molar-refractivity contribution in [3.63, 3.8) is 0 Å². The average molecular weight is 249 g/mol. The third-order valence-corrected chi connectivity index (χ3v) is 4.43. The van der Waals surface area contributed by atoms with Gasteiger partial charge < -0.3 is 5.32 Å². The molecule has 0 amide bonds. The van der Waals surface area contributed by atoms with Crippen LogP contribution >= 0.6 is 11.8 Å². The number of rotatable bonds is 4. The zero-order valence-electron chi connectivity index (χ0n) is 10.9. The maximum Gasteiger partial charge on any atom is 0.0208 e. The van der Waals surface area contributed by atoms with E-state index in [2.05, 4.69) is 42.8 Å². The molecule has 1 aromatic carbocycles. The molecule has 1 N–H and O–H groups in total. The van der Waals surface area contributed by atoms with Crippen LogP contribution in [0.3, 0.4) is 0 Å². The van der Waals surface area contributed by atoms with Gasteiger partial charge in [0.2, 0.25) is 0 Å². The van der Waals surface area contributed by atoms with Crippen molar-refractivity contribution in [3.8, 4) is 0 Å². The van der Waals surface area contributed by atoms with E-state index in [4.69, 9.17) is 0 Å². The van der Waals surface area contributed by atoms with Crippen LogP contribution in [0.2, 0.25) is 0 Å². The van der Waals surface area contributed by atoms with Gasteiger partial charge in [0, 0.05) is 17.5 Å². The average Bonchev–Trinajstić information content (AvgIpc) is 2.37. The van der Waals surface area contributed by atoms with Crippen molar-refractivity contribution < 1.29 is 0 Å². The van der Waals surface area contributed by atoms with Gasteiger partial charge in [0.05, 0.1) is 0 Å². The first-order chi connectivity index (χ1) is 8.28. The molecule has 94 valence electrons. The summed E-state index contributed by atoms with van der Waals surface area (Å²) in [5.74, 6) is 0.903. The minimum atomic E-state index is 0.735. The fourth-order valence-electron chi connectivity index (χ4n) is 2.63. The first kappa shape index (κ1) is 13.0. The van der Waals surface area contributed by atoms with Crippen molar-refractivity contribution in [2.24, 2.45) is 5.92 Å². The molecule has 1 nitrogen and oxygen atoms in total. The Kier molecular flexibility index (Phi) is 4.93. The van der Waals surface area contributed by atoms with Gasteiger partial charge in [-0.05, 0) is 42.7 Å². The molecule has 1 aliphatic carbocycles. The summed E-state index contributed by atoms with van der Waals surface area (Å²) in [6.45, 7) is 3.40. The lowest BCUT2D eigenvalue weighted by Crippen LogP contribution is -2.33. The van der Waals surface area contributed by atoms with Crippen molar-refractivity contribution in [2.45, 2.75) is 50.1 Å². The summed E-state index contributed by atoms with van der Waals surface area (Å²) in [7, 11) is 0. The largest absolute Gasteiger partial charge is 0.310 e. The van der Waals surface area contributed by atoms with Crippen LogP contribution in [0.15, 0.2) is 29.2 Å². The molecule has 0 saturated heterocycles. The highest BCUT2D eigenvalue weighted by atomic mass is 32.2. The summed E-state index contributed by atoms with van der Waals surface area (Å²) < 4.78 is 0. The lowest BCUT2D eigenvalue weighted by molar-refractivity contribution is 0.300. The smallest absolute Gasteiger partial charge is 0.0208 e. The molecule has 2 unspecified atom stereocenters. The summed E-state index contributed by atoms with van der Waals surface area (Å²) in [4.78, 5) is 1.35. The van der Waals surface area contributed by atoms with Crippen LogP contribution in [0, 0.1) is 5.92 Å². The van der Waals surface area contributed by atoms with Crippen molar-refractivity contribution in [2.75, 3.05) is 6.26 Å². The fourth-order valence-corrected chi connectivity index (χ4v) is 3.03. The predicted molar refractivity (Wildman–Crippen MR) is 76.5 cm³/mol. The molecule has 0 heterocycles. The van der Waals surface area contributed by atoms with E-state index in [1.807, 2.05) is 0 Å². The van der Waals surface area contributed by atoms with Crippen LogP contribution in [0.5, 0.6) is 0 Å². The Morgan fingerprint density at radius 2 is 2.00 bits per heavy atom. The van der Waals surface area contributed by atoms with Gasteiger partial charge in [0.15, 0.2) is 0 Å². The second kappa shape index (κ2) is 6.46. The van der Waals surface area contributed by atoms with E-state index in [9.17, 15) is 0 Å². The summed E-state index contributed by atoms with van der Waals surface area (Å²) in [6.07, 6.45) is 7.64. The van der Waals surface area contributed by atoms with E-state index in [-0.39, 0.29) is 0 Å². The van der Waals surface area contributed by atoms with Gasteiger partial charge in [-0.25, -0.2) is 0 Å². The van der Waals surface area contributed by atoms with Crippen molar-refractivity contribution in [3.05, 3.63) is 29.8 Å². The van der Waals surface area contributed by atoms with E-state index >= 15 is 0 Å². The minimum absolute atomic E-state index is 0.735. The third kappa shape index (κ3) is 4.04. The number of nitrogens with one attached hydrogen (secondary N) is 1. The summed E-state index contributed by atoms with van der Waals surface area (Å²) in [5.41, 5.74) is 1.40. The standard InChI is InChI=1S/C15H23NS/c1-12-4-3-5-14(10-12)16-11-13-6-8-15(17-2)9-7-13/h6-9,12,14,16H,3-5,10-11H2,1-2H3. The van der Waals surface area contributed by atoms with Crippen LogP contribution in [0.25, 0.3) is 0 Å². The molecular weight excluding hydrogens is 226 g/mol. The number of hydrogen-bond donors (Lipinski definition) is 1. The molecule has 17 heavy (non-hydrogen) atoms. The zero-order chi connectivity index (χ0) is 12.1. The van der Waals surface area contributed by atoms with Gasteiger partial charge >= 0.3 is 0 Å². The number of benzene rings is 1. The van der Waals surface area contributed by atoms with Crippen molar-refractivity contribution >= 4 is 11.8 Å². The summed E-state index contributed by atoms with van der Waals surface area (Å²) in [6, 6.07) is 9.64. The van der Waals surface area contributed by atoms with Crippen LogP contribution in [-0.2, 0) is 6.54 Å². The van der Waals surface area contributed by atoms with Crippen molar-refractivity contribution in [1.82, 2.24) is 5.32 Å². The molecule has 0 spiro atoms. The molecule has 0 radical (unpaired) electrons. The molecule has 0 bridgehead atoms. The quantitative estimate of drug-likeness (QED) is 0.807. The minimum Gasteiger partial charge on any atom is -0.310 e. The van der Waals surface area contributed by atoms with Gasteiger partial charge in [-0.2, -0.15) is 0 Å². The molecule has 1 aliphatic rings.